The molecule has 2 rings (SSSR count). The van der Waals surface area contributed by atoms with Crippen molar-refractivity contribution in [3.8, 4) is 0 Å². The predicted octanol–water partition coefficient (Wildman–Crippen LogP) is 3.64. The molecule has 74 valence electrons. The van der Waals surface area contributed by atoms with Crippen molar-refractivity contribution in [1.29, 1.82) is 0 Å². The first-order valence-corrected chi connectivity index (χ1v) is 5.22. The maximum Gasteiger partial charge on any atom is 0.0375 e. The first-order valence-electron chi connectivity index (χ1n) is 5.22. The number of allylic oxidation sites excluding steroid dienone is 1. The molecule has 0 amide bonds. The van der Waals surface area contributed by atoms with Crippen LogP contribution in [-0.2, 0) is 0 Å². The van der Waals surface area contributed by atoms with Gasteiger partial charge in [0.15, 0.2) is 0 Å². The second-order valence-corrected chi connectivity index (χ2v) is 4.20. The first-order chi connectivity index (χ1) is 6.68. The third-order valence-electron chi connectivity index (χ3n) is 2.97. The minimum absolute atomic E-state index is 0.672. The van der Waals surface area contributed by atoms with E-state index in [-0.39, 0.29) is 0 Å². The van der Waals surface area contributed by atoms with Crippen LogP contribution in [0, 0.1) is 0 Å². The van der Waals surface area contributed by atoms with Crippen molar-refractivity contribution >= 4 is 11.3 Å². The number of rotatable bonds is 1. The van der Waals surface area contributed by atoms with Gasteiger partial charge in [0, 0.05) is 12.2 Å². The van der Waals surface area contributed by atoms with E-state index < -0.39 is 0 Å². The lowest BCUT2D eigenvalue weighted by atomic mass is 9.90. The van der Waals surface area contributed by atoms with Crippen molar-refractivity contribution in [1.82, 2.24) is 0 Å². The van der Waals surface area contributed by atoms with E-state index in [9.17, 15) is 0 Å². The number of nitrogens with one attached hydrogen (secondary N) is 1. The van der Waals surface area contributed by atoms with Crippen LogP contribution in [0.15, 0.2) is 24.8 Å². The van der Waals surface area contributed by atoms with Gasteiger partial charge in [-0.15, -0.1) is 0 Å². The fourth-order valence-corrected chi connectivity index (χ4v) is 1.98. The van der Waals surface area contributed by atoms with Crippen LogP contribution in [-0.4, -0.2) is 6.54 Å². The molecular weight excluding hydrogens is 170 g/mol. The first kappa shape index (κ1) is 9.32. The molecule has 1 nitrogen and oxygen atoms in total. The normalized spacial score (nSPS) is 19.7. The maximum atomic E-state index is 3.98. The van der Waals surface area contributed by atoms with Gasteiger partial charge in [-0.05, 0) is 42.5 Å². The quantitative estimate of drug-likeness (QED) is 0.707. The van der Waals surface area contributed by atoms with Gasteiger partial charge in [-0.3, -0.25) is 0 Å². The molecule has 0 spiro atoms. The molecule has 0 aromatic heterocycles. The second-order valence-electron chi connectivity index (χ2n) is 4.20. The van der Waals surface area contributed by atoms with Crippen LogP contribution in [0.25, 0.3) is 5.57 Å². The summed E-state index contributed by atoms with van der Waals surface area (Å²) in [5, 5.41) is 3.43. The molecule has 1 unspecified atom stereocenters. The monoisotopic (exact) mass is 187 g/mol. The Morgan fingerprint density at radius 3 is 3.00 bits per heavy atom. The van der Waals surface area contributed by atoms with Crippen LogP contribution >= 0.6 is 0 Å². The Bertz CT molecular complexity index is 365. The van der Waals surface area contributed by atoms with Crippen LogP contribution < -0.4 is 5.32 Å². The Kier molecular flexibility index (Phi) is 2.32. The van der Waals surface area contributed by atoms with Crippen LogP contribution in [0.5, 0.6) is 0 Å². The predicted molar refractivity (Wildman–Crippen MR) is 62.7 cm³/mol. The summed E-state index contributed by atoms with van der Waals surface area (Å²) >= 11 is 0. The molecule has 1 aliphatic rings. The average Bonchev–Trinajstić information content (AvgIpc) is 2.18. The van der Waals surface area contributed by atoms with Gasteiger partial charge in [-0.1, -0.05) is 25.1 Å². The van der Waals surface area contributed by atoms with Gasteiger partial charge in [0.2, 0.25) is 0 Å². The summed E-state index contributed by atoms with van der Waals surface area (Å²) in [5.74, 6) is 0.672. The zero-order chi connectivity index (χ0) is 10.1. The number of benzene rings is 1. The molecule has 0 fully saturated rings. The van der Waals surface area contributed by atoms with Gasteiger partial charge in [-0.25, -0.2) is 0 Å². The summed E-state index contributed by atoms with van der Waals surface area (Å²) in [5.41, 5.74) is 5.15. The van der Waals surface area contributed by atoms with Crippen molar-refractivity contribution in [3.63, 3.8) is 0 Å². The van der Waals surface area contributed by atoms with Crippen LogP contribution in [0.1, 0.15) is 37.3 Å². The zero-order valence-corrected chi connectivity index (χ0v) is 8.93. The van der Waals surface area contributed by atoms with E-state index in [2.05, 4.69) is 43.9 Å². The van der Waals surface area contributed by atoms with Gasteiger partial charge in [0.05, 0.1) is 0 Å². The minimum atomic E-state index is 0.672. The third kappa shape index (κ3) is 1.54. The van der Waals surface area contributed by atoms with E-state index in [0.29, 0.717) is 5.92 Å². The molecule has 0 radical (unpaired) electrons. The van der Waals surface area contributed by atoms with Crippen LogP contribution in [0.3, 0.4) is 0 Å². The minimum Gasteiger partial charge on any atom is -0.385 e. The maximum absolute atomic E-state index is 3.98. The summed E-state index contributed by atoms with van der Waals surface area (Å²) < 4.78 is 0. The number of fused-ring (bicyclic) bond motifs is 1. The van der Waals surface area contributed by atoms with Gasteiger partial charge in [0.1, 0.15) is 0 Å². The largest absolute Gasteiger partial charge is 0.385 e. The van der Waals surface area contributed by atoms with Crippen molar-refractivity contribution in [2.45, 2.75) is 26.2 Å². The topological polar surface area (TPSA) is 12.0 Å². The van der Waals surface area contributed by atoms with Gasteiger partial charge < -0.3 is 5.32 Å². The molecule has 1 atom stereocenters. The van der Waals surface area contributed by atoms with Crippen molar-refractivity contribution in [2.75, 3.05) is 11.9 Å². The van der Waals surface area contributed by atoms with Gasteiger partial charge in [-0.2, -0.15) is 0 Å². The van der Waals surface area contributed by atoms with E-state index in [1.807, 2.05) is 0 Å². The lowest BCUT2D eigenvalue weighted by Gasteiger charge is -2.24. The Morgan fingerprint density at radius 2 is 2.29 bits per heavy atom. The fourth-order valence-electron chi connectivity index (χ4n) is 1.98. The van der Waals surface area contributed by atoms with E-state index in [1.165, 1.54) is 23.2 Å². The summed E-state index contributed by atoms with van der Waals surface area (Å²) in [7, 11) is 0. The molecule has 1 aromatic rings. The molecule has 1 N–H and O–H groups in total. The molecule has 1 aliphatic heterocycles. The average molecular weight is 187 g/mol. The van der Waals surface area contributed by atoms with Crippen molar-refractivity contribution in [2.24, 2.45) is 0 Å². The Morgan fingerprint density at radius 1 is 1.50 bits per heavy atom. The molecule has 14 heavy (non-hydrogen) atoms. The Labute approximate surface area is 85.8 Å². The van der Waals surface area contributed by atoms with Crippen molar-refractivity contribution < 1.29 is 0 Å². The lowest BCUT2D eigenvalue weighted by Crippen LogP contribution is -2.14. The molecular formula is C13H17N. The van der Waals surface area contributed by atoms with Gasteiger partial charge >= 0.3 is 0 Å². The van der Waals surface area contributed by atoms with Gasteiger partial charge in [0.25, 0.3) is 0 Å². The van der Waals surface area contributed by atoms with E-state index in [4.69, 9.17) is 0 Å². The van der Waals surface area contributed by atoms with E-state index in [0.717, 1.165) is 12.1 Å². The highest BCUT2D eigenvalue weighted by molar-refractivity contribution is 5.67. The summed E-state index contributed by atoms with van der Waals surface area (Å²) in [6, 6.07) is 6.59. The molecule has 0 aliphatic carbocycles. The SMILES string of the molecule is C=C(C)c1ccc2c(c1)C(C)CCN2. The Balaban J connectivity index is 2.45. The fraction of sp³-hybridized carbons (Fsp3) is 0.385. The summed E-state index contributed by atoms with van der Waals surface area (Å²) in [4.78, 5) is 0. The van der Waals surface area contributed by atoms with Crippen molar-refractivity contribution in [3.05, 3.63) is 35.9 Å². The smallest absolute Gasteiger partial charge is 0.0375 e. The van der Waals surface area contributed by atoms with Crippen LogP contribution in [0.4, 0.5) is 5.69 Å². The highest BCUT2D eigenvalue weighted by Gasteiger charge is 2.15. The second kappa shape index (κ2) is 3.49. The molecule has 0 saturated heterocycles. The Hall–Kier alpha value is -1.24. The van der Waals surface area contributed by atoms with E-state index in [1.54, 1.807) is 0 Å². The highest BCUT2D eigenvalue weighted by atomic mass is 14.9. The summed E-state index contributed by atoms with van der Waals surface area (Å²) in [6.45, 7) is 9.43. The third-order valence-corrected chi connectivity index (χ3v) is 2.97. The molecule has 0 saturated carbocycles. The van der Waals surface area contributed by atoms with E-state index >= 15 is 0 Å². The zero-order valence-electron chi connectivity index (χ0n) is 8.93. The number of anilines is 1. The van der Waals surface area contributed by atoms with Crippen LogP contribution in [0.2, 0.25) is 0 Å². The molecule has 1 heterocycles. The number of hydrogen-bond donors (Lipinski definition) is 1. The number of hydrogen-bond acceptors (Lipinski definition) is 1. The standard InChI is InChI=1S/C13H17N/c1-9(2)11-4-5-13-12(8-11)10(3)6-7-14-13/h4-5,8,10,14H,1,6-7H2,2-3H3. The summed E-state index contributed by atoms with van der Waals surface area (Å²) in [6.07, 6.45) is 1.23. The molecule has 1 heteroatoms. The molecule has 1 aromatic carbocycles. The molecule has 0 bridgehead atoms. The lowest BCUT2D eigenvalue weighted by molar-refractivity contribution is 0.683. The highest BCUT2D eigenvalue weighted by Crippen LogP contribution is 2.32.